The highest BCUT2D eigenvalue weighted by atomic mass is 16.6. The van der Waals surface area contributed by atoms with Crippen molar-refractivity contribution in [3.63, 3.8) is 0 Å². The number of non-ortho nitro benzene ring substituents is 1. The second-order valence-corrected chi connectivity index (χ2v) is 3.39. The lowest BCUT2D eigenvalue weighted by Gasteiger charge is -2.06. The first-order chi connectivity index (χ1) is 8.45. The quantitative estimate of drug-likeness (QED) is 0.482. The molecule has 0 aliphatic carbocycles. The van der Waals surface area contributed by atoms with Crippen molar-refractivity contribution < 1.29 is 24.4 Å². The van der Waals surface area contributed by atoms with Gasteiger partial charge in [0.15, 0.2) is 0 Å². The Morgan fingerprint density at radius 1 is 1.44 bits per heavy atom. The van der Waals surface area contributed by atoms with Crippen molar-refractivity contribution in [1.82, 2.24) is 0 Å². The van der Waals surface area contributed by atoms with Crippen LogP contribution >= 0.6 is 0 Å². The molecule has 18 heavy (non-hydrogen) atoms. The number of rotatable bonds is 5. The van der Waals surface area contributed by atoms with E-state index < -0.39 is 23.3 Å². The zero-order valence-corrected chi connectivity index (χ0v) is 9.58. The molecule has 0 amide bonds. The van der Waals surface area contributed by atoms with Crippen LogP contribution in [0.25, 0.3) is 0 Å². The smallest absolute Gasteiger partial charge is 0.338 e. The highest BCUT2D eigenvalue weighted by molar-refractivity contribution is 5.93. The van der Waals surface area contributed by atoms with Crippen LogP contribution in [0, 0.1) is 10.1 Å². The number of carboxylic acid groups (broad SMARTS) is 1. The molecule has 0 aliphatic rings. The number of ether oxygens (including phenoxy) is 1. The van der Waals surface area contributed by atoms with Gasteiger partial charge in [-0.3, -0.25) is 14.9 Å². The maximum absolute atomic E-state index is 11.6. The average Bonchev–Trinajstić information content (AvgIpc) is 2.28. The Morgan fingerprint density at radius 3 is 2.61 bits per heavy atom. The summed E-state index contributed by atoms with van der Waals surface area (Å²) in [6.07, 6.45) is -0.397. The van der Waals surface area contributed by atoms with Crippen LogP contribution in [0.4, 0.5) is 5.69 Å². The number of hydrogen-bond acceptors (Lipinski definition) is 5. The van der Waals surface area contributed by atoms with Crippen molar-refractivity contribution >= 4 is 17.6 Å². The van der Waals surface area contributed by atoms with Crippen LogP contribution in [0.1, 0.15) is 22.8 Å². The number of esters is 1. The van der Waals surface area contributed by atoms with E-state index in [0.29, 0.717) is 0 Å². The van der Waals surface area contributed by atoms with E-state index in [9.17, 15) is 19.7 Å². The Morgan fingerprint density at radius 2 is 2.11 bits per heavy atom. The van der Waals surface area contributed by atoms with Gasteiger partial charge in [0.2, 0.25) is 0 Å². The second kappa shape index (κ2) is 5.76. The van der Waals surface area contributed by atoms with Crippen LogP contribution < -0.4 is 0 Å². The SMILES string of the molecule is CCOC(=O)c1cc([N+](=O)[O-])ccc1CC(=O)O. The molecule has 1 rings (SSSR count). The maximum atomic E-state index is 11.6. The minimum atomic E-state index is -1.13. The summed E-state index contributed by atoms with van der Waals surface area (Å²) in [5.74, 6) is -1.90. The van der Waals surface area contributed by atoms with Gasteiger partial charge in [-0.1, -0.05) is 6.07 Å². The minimum absolute atomic E-state index is 0.0894. The molecule has 0 aromatic heterocycles. The van der Waals surface area contributed by atoms with E-state index in [2.05, 4.69) is 0 Å². The van der Waals surface area contributed by atoms with Gasteiger partial charge in [0, 0.05) is 12.1 Å². The molecule has 0 saturated heterocycles. The van der Waals surface area contributed by atoms with Gasteiger partial charge in [0.05, 0.1) is 23.5 Å². The fourth-order valence-corrected chi connectivity index (χ4v) is 1.39. The van der Waals surface area contributed by atoms with E-state index in [1.165, 1.54) is 6.07 Å². The number of carbonyl (C=O) groups is 2. The molecular weight excluding hydrogens is 242 g/mol. The van der Waals surface area contributed by atoms with Crippen molar-refractivity contribution in [2.45, 2.75) is 13.3 Å². The highest BCUT2D eigenvalue weighted by Gasteiger charge is 2.18. The number of carboxylic acids is 1. The normalized spacial score (nSPS) is 9.83. The molecule has 7 nitrogen and oxygen atoms in total. The Labute approximate surface area is 102 Å². The van der Waals surface area contributed by atoms with Gasteiger partial charge >= 0.3 is 11.9 Å². The number of nitro groups is 1. The summed E-state index contributed by atoms with van der Waals surface area (Å²) >= 11 is 0. The first kappa shape index (κ1) is 13.6. The number of benzene rings is 1. The van der Waals surface area contributed by atoms with Crippen molar-refractivity contribution in [3.8, 4) is 0 Å². The monoisotopic (exact) mass is 253 g/mol. The van der Waals surface area contributed by atoms with Crippen molar-refractivity contribution in [2.24, 2.45) is 0 Å². The molecule has 0 heterocycles. The molecule has 0 spiro atoms. The molecule has 1 aromatic rings. The zero-order valence-electron chi connectivity index (χ0n) is 9.58. The highest BCUT2D eigenvalue weighted by Crippen LogP contribution is 2.19. The lowest BCUT2D eigenvalue weighted by molar-refractivity contribution is -0.384. The van der Waals surface area contributed by atoms with Crippen LogP contribution in [0.5, 0.6) is 0 Å². The summed E-state index contributed by atoms with van der Waals surface area (Å²) in [5.41, 5.74) is -0.188. The Bertz CT molecular complexity index is 496. The lowest BCUT2D eigenvalue weighted by atomic mass is 10.0. The van der Waals surface area contributed by atoms with Crippen LogP contribution in [0.3, 0.4) is 0 Å². The van der Waals surface area contributed by atoms with Gasteiger partial charge in [-0.2, -0.15) is 0 Å². The molecule has 0 unspecified atom stereocenters. The number of aliphatic carboxylic acids is 1. The van der Waals surface area contributed by atoms with Gasteiger partial charge in [0.25, 0.3) is 5.69 Å². The van der Waals surface area contributed by atoms with Gasteiger partial charge in [-0.25, -0.2) is 4.79 Å². The van der Waals surface area contributed by atoms with Gasteiger partial charge in [-0.05, 0) is 12.5 Å². The number of carbonyl (C=O) groups excluding carboxylic acids is 1. The third-order valence-corrected chi connectivity index (χ3v) is 2.14. The molecule has 1 N–H and O–H groups in total. The minimum Gasteiger partial charge on any atom is -0.481 e. The third kappa shape index (κ3) is 3.27. The summed E-state index contributed by atoms with van der Waals surface area (Å²) < 4.78 is 4.73. The zero-order chi connectivity index (χ0) is 13.7. The predicted octanol–water partition coefficient (Wildman–Crippen LogP) is 1.40. The fraction of sp³-hybridized carbons (Fsp3) is 0.273. The topological polar surface area (TPSA) is 107 Å². The summed E-state index contributed by atoms with van der Waals surface area (Å²) in [7, 11) is 0. The Balaban J connectivity index is 3.21. The van der Waals surface area contributed by atoms with Crippen LogP contribution in [0.2, 0.25) is 0 Å². The van der Waals surface area contributed by atoms with Gasteiger partial charge < -0.3 is 9.84 Å². The average molecular weight is 253 g/mol. The van der Waals surface area contributed by atoms with Crippen LogP contribution in [-0.2, 0) is 16.0 Å². The predicted molar refractivity (Wildman–Crippen MR) is 60.4 cm³/mol. The van der Waals surface area contributed by atoms with Crippen molar-refractivity contribution in [2.75, 3.05) is 6.61 Å². The molecular formula is C11H11NO6. The number of hydrogen-bond donors (Lipinski definition) is 1. The lowest BCUT2D eigenvalue weighted by Crippen LogP contribution is -2.11. The molecule has 96 valence electrons. The fourth-order valence-electron chi connectivity index (χ4n) is 1.39. The summed E-state index contributed by atoms with van der Waals surface area (Å²) in [6, 6.07) is 3.43. The van der Waals surface area contributed by atoms with E-state index in [1.807, 2.05) is 0 Å². The second-order valence-electron chi connectivity index (χ2n) is 3.39. The van der Waals surface area contributed by atoms with E-state index in [4.69, 9.17) is 9.84 Å². The van der Waals surface area contributed by atoms with Crippen molar-refractivity contribution in [1.29, 1.82) is 0 Å². The van der Waals surface area contributed by atoms with Gasteiger partial charge in [0.1, 0.15) is 0 Å². The summed E-state index contributed by atoms with van der Waals surface area (Å²) in [4.78, 5) is 32.2. The van der Waals surface area contributed by atoms with E-state index in [0.717, 1.165) is 12.1 Å². The Kier molecular flexibility index (Phi) is 4.36. The van der Waals surface area contributed by atoms with E-state index in [-0.39, 0.29) is 23.4 Å². The first-order valence-corrected chi connectivity index (χ1v) is 5.12. The van der Waals surface area contributed by atoms with E-state index >= 15 is 0 Å². The Hall–Kier alpha value is -2.44. The number of nitrogens with zero attached hydrogens (tertiary/aromatic N) is 1. The molecule has 0 radical (unpaired) electrons. The van der Waals surface area contributed by atoms with Crippen LogP contribution in [-0.4, -0.2) is 28.6 Å². The molecule has 0 fully saturated rings. The maximum Gasteiger partial charge on any atom is 0.338 e. The molecule has 0 aliphatic heterocycles. The summed E-state index contributed by atoms with van der Waals surface area (Å²) in [6.45, 7) is 1.69. The van der Waals surface area contributed by atoms with Gasteiger partial charge in [-0.15, -0.1) is 0 Å². The third-order valence-electron chi connectivity index (χ3n) is 2.14. The molecule has 0 atom stereocenters. The summed E-state index contributed by atoms with van der Waals surface area (Å²) in [5, 5.41) is 19.3. The molecule has 7 heteroatoms. The standard InChI is InChI=1S/C11H11NO6/c1-2-18-11(15)9-6-8(12(16)17)4-3-7(9)5-10(13)14/h3-4,6H,2,5H2,1H3,(H,13,14). The molecule has 0 saturated carbocycles. The van der Waals surface area contributed by atoms with Crippen molar-refractivity contribution in [3.05, 3.63) is 39.4 Å². The first-order valence-electron chi connectivity index (χ1n) is 5.12. The largest absolute Gasteiger partial charge is 0.481 e. The van der Waals surface area contributed by atoms with Crippen LogP contribution in [0.15, 0.2) is 18.2 Å². The molecule has 0 bridgehead atoms. The number of nitro benzene ring substituents is 1. The van der Waals surface area contributed by atoms with E-state index in [1.54, 1.807) is 6.92 Å². The molecule has 1 aromatic carbocycles.